The fraction of sp³-hybridized carbons (Fsp3) is 0.800. The summed E-state index contributed by atoms with van der Waals surface area (Å²) in [5, 5.41) is 11.3. The summed E-state index contributed by atoms with van der Waals surface area (Å²) in [7, 11) is 0. The van der Waals surface area contributed by atoms with Crippen LogP contribution in [0.2, 0.25) is 0 Å². The molecule has 2 heterocycles. The van der Waals surface area contributed by atoms with Gasteiger partial charge in [0, 0.05) is 25.6 Å². The Bertz CT molecular complexity index is 454. The van der Waals surface area contributed by atoms with E-state index in [1.807, 2.05) is 0 Å². The van der Waals surface area contributed by atoms with Crippen molar-refractivity contribution in [2.75, 3.05) is 26.2 Å². The topological polar surface area (TPSA) is 89.9 Å². The highest BCUT2D eigenvalue weighted by Crippen LogP contribution is 2.23. The fourth-order valence-corrected chi connectivity index (χ4v) is 3.29. The average Bonchev–Trinajstić information content (AvgIpc) is 3.06. The lowest BCUT2D eigenvalue weighted by atomic mass is 10.1. The van der Waals surface area contributed by atoms with E-state index in [0.717, 1.165) is 25.9 Å². The van der Waals surface area contributed by atoms with Crippen molar-refractivity contribution >= 4 is 17.8 Å². The largest absolute Gasteiger partial charge is 0.480 e. The summed E-state index contributed by atoms with van der Waals surface area (Å²) in [4.78, 5) is 39.1. The molecule has 0 bridgehead atoms. The molecule has 7 nitrogen and oxygen atoms in total. The van der Waals surface area contributed by atoms with Gasteiger partial charge in [-0.25, -0.2) is 0 Å². The standard InChI is InChI=1S/C15H25N3O4/c1-3-17-6-4-5-12(17)9-18-8-11(7-13(18)19)14(20)16-10(2)15(21)22/h10-12H,3-9H2,1-2H3,(H,16,20)(H,21,22). The Balaban J connectivity index is 1.87. The Morgan fingerprint density at radius 3 is 2.82 bits per heavy atom. The molecule has 0 spiro atoms. The summed E-state index contributed by atoms with van der Waals surface area (Å²) in [6.45, 7) is 6.66. The number of hydrogen-bond donors (Lipinski definition) is 2. The van der Waals surface area contributed by atoms with Crippen LogP contribution in [0.15, 0.2) is 0 Å². The van der Waals surface area contributed by atoms with Gasteiger partial charge in [-0.3, -0.25) is 19.3 Å². The minimum atomic E-state index is -1.07. The highest BCUT2D eigenvalue weighted by atomic mass is 16.4. The number of carboxylic acids is 1. The first-order valence-electron chi connectivity index (χ1n) is 7.97. The molecule has 3 unspecified atom stereocenters. The molecule has 0 aliphatic carbocycles. The van der Waals surface area contributed by atoms with Crippen molar-refractivity contribution in [1.82, 2.24) is 15.1 Å². The van der Waals surface area contributed by atoms with Crippen molar-refractivity contribution in [3.8, 4) is 0 Å². The van der Waals surface area contributed by atoms with Crippen LogP contribution in [0.5, 0.6) is 0 Å². The molecule has 0 radical (unpaired) electrons. The lowest BCUT2D eigenvalue weighted by Crippen LogP contribution is -2.43. The number of carbonyl (C=O) groups is 3. The summed E-state index contributed by atoms with van der Waals surface area (Å²) < 4.78 is 0. The van der Waals surface area contributed by atoms with Gasteiger partial charge in [-0.15, -0.1) is 0 Å². The Kier molecular flexibility index (Phi) is 5.39. The molecule has 2 N–H and O–H groups in total. The molecule has 0 aromatic rings. The maximum absolute atomic E-state index is 12.1. The van der Waals surface area contributed by atoms with Gasteiger partial charge in [0.2, 0.25) is 11.8 Å². The molecule has 22 heavy (non-hydrogen) atoms. The van der Waals surface area contributed by atoms with E-state index >= 15 is 0 Å². The van der Waals surface area contributed by atoms with Gasteiger partial charge in [-0.1, -0.05) is 6.92 Å². The number of nitrogens with one attached hydrogen (secondary N) is 1. The van der Waals surface area contributed by atoms with Crippen molar-refractivity contribution in [1.29, 1.82) is 0 Å². The second-order valence-corrected chi connectivity index (χ2v) is 6.19. The fourth-order valence-electron chi connectivity index (χ4n) is 3.29. The van der Waals surface area contributed by atoms with Crippen LogP contribution < -0.4 is 5.32 Å². The third-order valence-corrected chi connectivity index (χ3v) is 4.65. The van der Waals surface area contributed by atoms with E-state index in [4.69, 9.17) is 5.11 Å². The van der Waals surface area contributed by atoms with Crippen LogP contribution in [-0.2, 0) is 14.4 Å². The van der Waals surface area contributed by atoms with Crippen molar-refractivity contribution < 1.29 is 19.5 Å². The summed E-state index contributed by atoms with van der Waals surface area (Å²) in [6, 6.07) is -0.546. The molecule has 2 aliphatic heterocycles. The Morgan fingerprint density at radius 2 is 2.18 bits per heavy atom. The van der Waals surface area contributed by atoms with Crippen LogP contribution in [0.4, 0.5) is 0 Å². The number of nitrogens with zero attached hydrogens (tertiary/aromatic N) is 2. The molecule has 0 aromatic heterocycles. The van der Waals surface area contributed by atoms with Gasteiger partial charge in [0.25, 0.3) is 0 Å². The number of amides is 2. The maximum atomic E-state index is 12.1. The molecule has 124 valence electrons. The number of hydrogen-bond acceptors (Lipinski definition) is 4. The number of likely N-dealkylation sites (tertiary alicyclic amines) is 2. The van der Waals surface area contributed by atoms with E-state index in [0.29, 0.717) is 19.1 Å². The van der Waals surface area contributed by atoms with Crippen LogP contribution in [-0.4, -0.2) is 71.0 Å². The predicted molar refractivity (Wildman–Crippen MR) is 80.2 cm³/mol. The van der Waals surface area contributed by atoms with Crippen LogP contribution in [0.1, 0.15) is 33.1 Å². The quantitative estimate of drug-likeness (QED) is 0.715. The van der Waals surface area contributed by atoms with Crippen LogP contribution in [0.25, 0.3) is 0 Å². The van der Waals surface area contributed by atoms with Crippen LogP contribution in [0.3, 0.4) is 0 Å². The molecule has 2 aliphatic rings. The summed E-state index contributed by atoms with van der Waals surface area (Å²) in [5.74, 6) is -1.86. The molecule has 2 saturated heterocycles. The van der Waals surface area contributed by atoms with Crippen LogP contribution >= 0.6 is 0 Å². The molecule has 2 fully saturated rings. The van der Waals surface area contributed by atoms with Crippen molar-refractivity contribution in [2.45, 2.75) is 45.2 Å². The lowest BCUT2D eigenvalue weighted by molar-refractivity contribution is -0.141. The monoisotopic (exact) mass is 311 g/mol. The number of likely N-dealkylation sites (N-methyl/N-ethyl adjacent to an activating group) is 1. The summed E-state index contributed by atoms with van der Waals surface area (Å²) in [6.07, 6.45) is 2.42. The van der Waals surface area contributed by atoms with Gasteiger partial charge in [-0.05, 0) is 32.9 Å². The van der Waals surface area contributed by atoms with E-state index in [1.165, 1.54) is 6.92 Å². The smallest absolute Gasteiger partial charge is 0.325 e. The van der Waals surface area contributed by atoms with Gasteiger partial charge in [-0.2, -0.15) is 0 Å². The lowest BCUT2D eigenvalue weighted by Gasteiger charge is -2.27. The first-order chi connectivity index (χ1) is 10.4. The van der Waals surface area contributed by atoms with Gasteiger partial charge < -0.3 is 15.3 Å². The molecule has 0 saturated carbocycles. The molecule has 7 heteroatoms. The van der Waals surface area contributed by atoms with E-state index in [9.17, 15) is 14.4 Å². The number of rotatable bonds is 6. The molecular formula is C15H25N3O4. The highest BCUT2D eigenvalue weighted by molar-refractivity contribution is 5.91. The second-order valence-electron chi connectivity index (χ2n) is 6.19. The Morgan fingerprint density at radius 1 is 1.45 bits per heavy atom. The third-order valence-electron chi connectivity index (χ3n) is 4.65. The highest BCUT2D eigenvalue weighted by Gasteiger charge is 2.37. The average molecular weight is 311 g/mol. The minimum absolute atomic E-state index is 0.00826. The van der Waals surface area contributed by atoms with E-state index in [-0.39, 0.29) is 18.2 Å². The third kappa shape index (κ3) is 3.76. The Labute approximate surface area is 130 Å². The summed E-state index contributed by atoms with van der Waals surface area (Å²) >= 11 is 0. The zero-order valence-electron chi connectivity index (χ0n) is 13.2. The number of carboxylic acid groups (broad SMARTS) is 1. The van der Waals surface area contributed by atoms with Crippen molar-refractivity contribution in [2.24, 2.45) is 5.92 Å². The molecular weight excluding hydrogens is 286 g/mol. The molecule has 2 rings (SSSR count). The van der Waals surface area contributed by atoms with E-state index in [1.54, 1.807) is 4.90 Å². The zero-order chi connectivity index (χ0) is 16.3. The molecule has 2 amide bonds. The van der Waals surface area contributed by atoms with Crippen LogP contribution in [0, 0.1) is 5.92 Å². The normalized spacial score (nSPS) is 27.2. The second kappa shape index (κ2) is 7.09. The molecule has 3 atom stereocenters. The van der Waals surface area contributed by atoms with Crippen molar-refractivity contribution in [3.63, 3.8) is 0 Å². The zero-order valence-corrected chi connectivity index (χ0v) is 13.2. The summed E-state index contributed by atoms with van der Waals surface area (Å²) in [5.41, 5.74) is 0. The number of aliphatic carboxylic acids is 1. The Hall–Kier alpha value is -1.63. The predicted octanol–water partition coefficient (Wildman–Crippen LogP) is -0.0915. The number of carbonyl (C=O) groups excluding carboxylic acids is 2. The first kappa shape index (κ1) is 16.7. The molecule has 0 aromatic carbocycles. The SMILES string of the molecule is CCN1CCCC1CN1CC(C(=O)NC(C)C(=O)O)CC1=O. The first-order valence-corrected chi connectivity index (χ1v) is 7.97. The van der Waals surface area contributed by atoms with Gasteiger partial charge >= 0.3 is 5.97 Å². The van der Waals surface area contributed by atoms with E-state index in [2.05, 4.69) is 17.1 Å². The minimum Gasteiger partial charge on any atom is -0.480 e. The van der Waals surface area contributed by atoms with Gasteiger partial charge in [0.1, 0.15) is 6.04 Å². The maximum Gasteiger partial charge on any atom is 0.325 e. The van der Waals surface area contributed by atoms with Crippen molar-refractivity contribution in [3.05, 3.63) is 0 Å². The van der Waals surface area contributed by atoms with Gasteiger partial charge in [0.15, 0.2) is 0 Å². The van der Waals surface area contributed by atoms with E-state index < -0.39 is 17.9 Å². The van der Waals surface area contributed by atoms with Gasteiger partial charge in [0.05, 0.1) is 5.92 Å².